The molecule has 1 aliphatic rings. The van der Waals surface area contributed by atoms with Crippen molar-refractivity contribution in [3.05, 3.63) is 35.5 Å². The third kappa shape index (κ3) is 4.08. The summed E-state index contributed by atoms with van der Waals surface area (Å²) in [5.41, 5.74) is 0.843. The predicted molar refractivity (Wildman–Crippen MR) is 115 cm³/mol. The lowest BCUT2D eigenvalue weighted by Crippen LogP contribution is -2.33. The van der Waals surface area contributed by atoms with Crippen LogP contribution in [-0.2, 0) is 10.4 Å². The first kappa shape index (κ1) is 20.5. The summed E-state index contributed by atoms with van der Waals surface area (Å²) in [4.78, 5) is 34.6. The second-order valence-corrected chi connectivity index (χ2v) is 9.10. The van der Waals surface area contributed by atoms with Crippen molar-refractivity contribution in [2.45, 2.75) is 39.2 Å². The van der Waals surface area contributed by atoms with Crippen molar-refractivity contribution >= 4 is 44.6 Å². The lowest BCUT2D eigenvalue weighted by Gasteiger charge is -2.29. The van der Waals surface area contributed by atoms with Crippen molar-refractivity contribution in [3.8, 4) is 0 Å². The molecule has 0 atom stereocenters. The van der Waals surface area contributed by atoms with Crippen molar-refractivity contribution in [3.63, 3.8) is 0 Å². The van der Waals surface area contributed by atoms with Gasteiger partial charge in [-0.1, -0.05) is 11.3 Å². The number of carbonyl (C=O) groups excluding carboxylic acids is 2. The first-order valence-electron chi connectivity index (χ1n) is 9.86. The highest BCUT2D eigenvalue weighted by atomic mass is 32.1. The number of aromatic nitrogens is 2. The molecule has 0 radical (unpaired) electrons. The highest BCUT2D eigenvalue weighted by Gasteiger charge is 2.26. The molecule has 2 N–H and O–H groups in total. The van der Waals surface area contributed by atoms with E-state index < -0.39 is 11.5 Å². The predicted octanol–water partition coefficient (Wildman–Crippen LogP) is 3.49. The van der Waals surface area contributed by atoms with Crippen LogP contribution in [0.1, 0.15) is 48.6 Å². The molecule has 158 valence electrons. The molecule has 9 heteroatoms. The van der Waals surface area contributed by atoms with E-state index in [1.807, 2.05) is 12.1 Å². The summed E-state index contributed by atoms with van der Waals surface area (Å²) >= 11 is 1.53. The van der Waals surface area contributed by atoms with Gasteiger partial charge in [0.1, 0.15) is 12.5 Å². The highest BCUT2D eigenvalue weighted by molar-refractivity contribution is 7.22. The molecule has 1 saturated heterocycles. The summed E-state index contributed by atoms with van der Waals surface area (Å²) < 4.78 is 6.03. The topological polar surface area (TPSA) is 109 Å². The number of thiazole rings is 1. The van der Waals surface area contributed by atoms with Crippen molar-refractivity contribution in [1.29, 1.82) is 0 Å². The molecular formula is C21H24N4O4S. The second-order valence-electron chi connectivity index (χ2n) is 8.09. The minimum Gasteiger partial charge on any atom is -0.448 e. The molecule has 1 amide bonds. The van der Waals surface area contributed by atoms with Gasteiger partial charge in [0.2, 0.25) is 0 Å². The molecule has 1 aliphatic heterocycles. The number of rotatable bonds is 5. The number of aldehydes is 1. The average molecular weight is 429 g/mol. The number of benzene rings is 1. The standard InChI is InChI=1S/C21H24N4O4S/c1-12-22-17(11-29-12)19(27)23-15-9-18-16(8-14(15)21(2,3)28)24-20(30-18)25-6-4-13(10-26)5-7-25/h8-11,13,28H,4-7H2,1-3H3,(H,23,27). The molecule has 30 heavy (non-hydrogen) atoms. The third-order valence-corrected chi connectivity index (χ3v) is 6.36. The molecule has 3 aromatic rings. The molecular weight excluding hydrogens is 404 g/mol. The largest absolute Gasteiger partial charge is 0.448 e. The van der Waals surface area contributed by atoms with Crippen LogP contribution in [0.5, 0.6) is 0 Å². The van der Waals surface area contributed by atoms with Crippen LogP contribution >= 0.6 is 11.3 Å². The van der Waals surface area contributed by atoms with Gasteiger partial charge in [0.25, 0.3) is 5.91 Å². The summed E-state index contributed by atoms with van der Waals surface area (Å²) in [5, 5.41) is 14.4. The first-order chi connectivity index (χ1) is 14.2. The Hall–Kier alpha value is -2.78. The maximum Gasteiger partial charge on any atom is 0.277 e. The van der Waals surface area contributed by atoms with E-state index in [0.717, 1.165) is 47.6 Å². The smallest absolute Gasteiger partial charge is 0.277 e. The van der Waals surface area contributed by atoms with Crippen LogP contribution in [0.4, 0.5) is 10.8 Å². The summed E-state index contributed by atoms with van der Waals surface area (Å²) in [5.74, 6) is 0.125. The number of aliphatic hydroxyl groups is 1. The highest BCUT2D eigenvalue weighted by Crippen LogP contribution is 2.37. The van der Waals surface area contributed by atoms with E-state index in [9.17, 15) is 14.7 Å². The van der Waals surface area contributed by atoms with E-state index in [1.165, 1.54) is 17.6 Å². The number of aryl methyl sites for hydroxylation is 1. The van der Waals surface area contributed by atoms with Gasteiger partial charge in [-0.25, -0.2) is 9.97 Å². The second kappa shape index (κ2) is 7.81. The number of hydrogen-bond acceptors (Lipinski definition) is 8. The molecule has 4 rings (SSSR count). The van der Waals surface area contributed by atoms with Gasteiger partial charge in [0, 0.05) is 37.2 Å². The molecule has 8 nitrogen and oxygen atoms in total. The number of piperidine rings is 1. The van der Waals surface area contributed by atoms with Crippen molar-refractivity contribution in [1.82, 2.24) is 9.97 Å². The molecule has 3 heterocycles. The minimum absolute atomic E-state index is 0.124. The number of oxazole rings is 1. The van der Waals surface area contributed by atoms with E-state index in [4.69, 9.17) is 9.40 Å². The number of carbonyl (C=O) groups is 2. The molecule has 0 unspecified atom stereocenters. The molecule has 0 aliphatic carbocycles. The van der Waals surface area contributed by atoms with E-state index in [-0.39, 0.29) is 11.6 Å². The number of fused-ring (bicyclic) bond motifs is 1. The zero-order valence-corrected chi connectivity index (χ0v) is 18.0. The number of nitrogens with zero attached hydrogens (tertiary/aromatic N) is 3. The molecule has 0 spiro atoms. The Balaban J connectivity index is 1.67. The van der Waals surface area contributed by atoms with Gasteiger partial charge in [0.15, 0.2) is 16.7 Å². The number of nitrogens with one attached hydrogen (secondary N) is 1. The minimum atomic E-state index is -1.18. The Morgan fingerprint density at radius 1 is 1.33 bits per heavy atom. The van der Waals surface area contributed by atoms with Gasteiger partial charge in [0.05, 0.1) is 15.8 Å². The van der Waals surface area contributed by atoms with Crippen molar-refractivity contribution < 1.29 is 19.1 Å². The van der Waals surface area contributed by atoms with Crippen molar-refractivity contribution in [2.24, 2.45) is 5.92 Å². The Kier molecular flexibility index (Phi) is 5.33. The summed E-state index contributed by atoms with van der Waals surface area (Å²) in [7, 11) is 0. The number of anilines is 2. The fourth-order valence-electron chi connectivity index (χ4n) is 3.59. The molecule has 2 aromatic heterocycles. The summed E-state index contributed by atoms with van der Waals surface area (Å²) in [6.07, 6.45) is 4.00. The van der Waals surface area contributed by atoms with Crippen LogP contribution in [0.3, 0.4) is 0 Å². The van der Waals surface area contributed by atoms with Crippen LogP contribution in [0.2, 0.25) is 0 Å². The monoisotopic (exact) mass is 428 g/mol. The van der Waals surface area contributed by atoms with Crippen LogP contribution < -0.4 is 10.2 Å². The number of amides is 1. The van der Waals surface area contributed by atoms with Crippen LogP contribution in [-0.4, -0.2) is 40.4 Å². The quantitative estimate of drug-likeness (QED) is 0.599. The van der Waals surface area contributed by atoms with E-state index in [1.54, 1.807) is 20.8 Å². The average Bonchev–Trinajstić information content (AvgIpc) is 3.32. The van der Waals surface area contributed by atoms with Gasteiger partial charge in [-0.15, -0.1) is 0 Å². The molecule has 1 fully saturated rings. The Labute approximate surface area is 177 Å². The van der Waals surface area contributed by atoms with Gasteiger partial charge in [-0.05, 0) is 38.8 Å². The van der Waals surface area contributed by atoms with Gasteiger partial charge >= 0.3 is 0 Å². The van der Waals surface area contributed by atoms with Crippen molar-refractivity contribution in [2.75, 3.05) is 23.3 Å². The maximum absolute atomic E-state index is 12.6. The zero-order valence-electron chi connectivity index (χ0n) is 17.1. The van der Waals surface area contributed by atoms with Gasteiger partial charge < -0.3 is 24.5 Å². The zero-order chi connectivity index (χ0) is 21.5. The first-order valence-corrected chi connectivity index (χ1v) is 10.7. The summed E-state index contributed by atoms with van der Waals surface area (Å²) in [6.45, 7) is 6.58. The molecule has 0 bridgehead atoms. The summed E-state index contributed by atoms with van der Waals surface area (Å²) in [6, 6.07) is 3.66. The van der Waals surface area contributed by atoms with E-state index in [0.29, 0.717) is 17.1 Å². The Morgan fingerprint density at radius 2 is 2.07 bits per heavy atom. The van der Waals surface area contributed by atoms with Gasteiger partial charge in [-0.3, -0.25) is 4.79 Å². The van der Waals surface area contributed by atoms with Crippen LogP contribution in [0.25, 0.3) is 10.2 Å². The molecule has 0 saturated carbocycles. The fraction of sp³-hybridized carbons (Fsp3) is 0.429. The van der Waals surface area contributed by atoms with Gasteiger partial charge in [-0.2, -0.15) is 0 Å². The number of hydrogen-bond donors (Lipinski definition) is 2. The van der Waals surface area contributed by atoms with E-state index in [2.05, 4.69) is 15.2 Å². The maximum atomic E-state index is 12.6. The Morgan fingerprint density at radius 3 is 2.67 bits per heavy atom. The Bertz CT molecular complexity index is 1090. The SMILES string of the molecule is Cc1nc(C(=O)Nc2cc3sc(N4CCC(C=O)CC4)nc3cc2C(C)(C)O)co1. The molecule has 1 aromatic carbocycles. The lowest BCUT2D eigenvalue weighted by atomic mass is 9.96. The third-order valence-electron chi connectivity index (χ3n) is 5.28. The normalized spacial score (nSPS) is 15.5. The van der Waals surface area contributed by atoms with E-state index >= 15 is 0 Å². The lowest BCUT2D eigenvalue weighted by molar-refractivity contribution is -0.111. The fourth-order valence-corrected chi connectivity index (χ4v) is 4.63. The van der Waals surface area contributed by atoms with Crippen LogP contribution in [0, 0.1) is 12.8 Å². The van der Waals surface area contributed by atoms with Crippen LogP contribution in [0.15, 0.2) is 22.8 Å².